The molecule has 1 saturated heterocycles. The molecule has 152 valence electrons. The standard InChI is InChI=1S/C24H22N2O4/c1-17-14-26(15-23(29-17)18-7-3-2-4-8-18)24(27)22-12-11-20(30-22)16-28-21-10-6-5-9-19(21)13-25/h2-12,17,23H,14-16H2,1H3. The SMILES string of the molecule is CC1CN(C(=O)c2ccc(COc3ccccc3C#N)o2)CC(c2ccccc2)O1. The molecule has 1 fully saturated rings. The highest BCUT2D eigenvalue weighted by atomic mass is 16.5. The minimum absolute atomic E-state index is 0.0758. The second kappa shape index (κ2) is 8.85. The molecule has 0 aliphatic carbocycles. The molecule has 6 nitrogen and oxygen atoms in total. The molecule has 2 aromatic carbocycles. The van der Waals surface area contributed by atoms with Crippen LogP contribution in [-0.4, -0.2) is 30.0 Å². The summed E-state index contributed by atoms with van der Waals surface area (Å²) in [5, 5.41) is 9.15. The minimum atomic E-state index is -0.172. The molecule has 2 atom stereocenters. The number of hydrogen-bond acceptors (Lipinski definition) is 5. The van der Waals surface area contributed by atoms with Gasteiger partial charge in [0.05, 0.1) is 18.2 Å². The Morgan fingerprint density at radius 2 is 1.87 bits per heavy atom. The molecule has 1 aromatic heterocycles. The zero-order chi connectivity index (χ0) is 20.9. The number of carbonyl (C=O) groups excluding carboxylic acids is 1. The highest BCUT2D eigenvalue weighted by Gasteiger charge is 2.31. The number of rotatable bonds is 5. The maximum Gasteiger partial charge on any atom is 0.289 e. The first-order valence-corrected chi connectivity index (χ1v) is 9.84. The van der Waals surface area contributed by atoms with Gasteiger partial charge < -0.3 is 18.8 Å². The summed E-state index contributed by atoms with van der Waals surface area (Å²) >= 11 is 0. The number of hydrogen-bond donors (Lipinski definition) is 0. The van der Waals surface area contributed by atoms with Gasteiger partial charge in [0, 0.05) is 6.54 Å². The monoisotopic (exact) mass is 402 g/mol. The molecule has 1 aliphatic heterocycles. The van der Waals surface area contributed by atoms with Crippen molar-refractivity contribution < 1.29 is 18.7 Å². The Balaban J connectivity index is 1.42. The van der Waals surface area contributed by atoms with E-state index in [4.69, 9.17) is 19.2 Å². The highest BCUT2D eigenvalue weighted by Crippen LogP contribution is 2.26. The van der Waals surface area contributed by atoms with Crippen molar-refractivity contribution in [1.29, 1.82) is 5.26 Å². The maximum atomic E-state index is 13.0. The average Bonchev–Trinajstić information content (AvgIpc) is 3.26. The molecule has 4 rings (SSSR count). The fourth-order valence-electron chi connectivity index (χ4n) is 3.53. The zero-order valence-corrected chi connectivity index (χ0v) is 16.7. The van der Waals surface area contributed by atoms with Crippen molar-refractivity contribution in [3.05, 3.63) is 89.4 Å². The van der Waals surface area contributed by atoms with E-state index < -0.39 is 0 Å². The van der Waals surface area contributed by atoms with Gasteiger partial charge in [-0.3, -0.25) is 4.79 Å². The molecule has 2 unspecified atom stereocenters. The molecule has 0 radical (unpaired) electrons. The lowest BCUT2D eigenvalue weighted by atomic mass is 10.1. The average molecular weight is 402 g/mol. The van der Waals surface area contributed by atoms with Crippen molar-refractivity contribution >= 4 is 5.91 Å². The van der Waals surface area contributed by atoms with Crippen LogP contribution in [0.25, 0.3) is 0 Å². The van der Waals surface area contributed by atoms with Gasteiger partial charge in [-0.15, -0.1) is 0 Å². The predicted molar refractivity (Wildman–Crippen MR) is 110 cm³/mol. The molecule has 2 heterocycles. The van der Waals surface area contributed by atoms with Crippen LogP contribution in [0.2, 0.25) is 0 Å². The molecule has 0 bridgehead atoms. The zero-order valence-electron chi connectivity index (χ0n) is 16.7. The highest BCUT2D eigenvalue weighted by molar-refractivity contribution is 5.91. The van der Waals surface area contributed by atoms with Gasteiger partial charge in [-0.1, -0.05) is 42.5 Å². The molecule has 0 saturated carbocycles. The van der Waals surface area contributed by atoms with Gasteiger partial charge in [0.2, 0.25) is 0 Å². The Morgan fingerprint density at radius 1 is 1.10 bits per heavy atom. The third-order valence-corrected chi connectivity index (χ3v) is 4.97. The second-order valence-electron chi connectivity index (χ2n) is 7.22. The molecule has 3 aromatic rings. The van der Waals surface area contributed by atoms with Gasteiger partial charge >= 0.3 is 0 Å². The molecular formula is C24H22N2O4. The van der Waals surface area contributed by atoms with Gasteiger partial charge in [0.15, 0.2) is 5.76 Å². The third-order valence-electron chi connectivity index (χ3n) is 4.97. The third kappa shape index (κ3) is 4.37. The normalized spacial score (nSPS) is 18.6. The van der Waals surface area contributed by atoms with Gasteiger partial charge in [0.1, 0.15) is 30.3 Å². The van der Waals surface area contributed by atoms with Crippen molar-refractivity contribution in [2.24, 2.45) is 0 Å². The van der Waals surface area contributed by atoms with Crippen molar-refractivity contribution in [2.45, 2.75) is 25.7 Å². The van der Waals surface area contributed by atoms with Gasteiger partial charge in [-0.25, -0.2) is 0 Å². The second-order valence-corrected chi connectivity index (χ2v) is 7.22. The largest absolute Gasteiger partial charge is 0.484 e. The number of amides is 1. The van der Waals surface area contributed by atoms with Crippen LogP contribution >= 0.6 is 0 Å². The summed E-state index contributed by atoms with van der Waals surface area (Å²) in [6.45, 7) is 3.07. The summed E-state index contributed by atoms with van der Waals surface area (Å²) in [5.41, 5.74) is 1.50. The Kier molecular flexibility index (Phi) is 5.82. The van der Waals surface area contributed by atoms with E-state index in [1.807, 2.05) is 37.3 Å². The molecule has 0 N–H and O–H groups in total. The molecule has 6 heteroatoms. The van der Waals surface area contributed by atoms with Crippen molar-refractivity contribution in [3.63, 3.8) is 0 Å². The number of morpholine rings is 1. The summed E-state index contributed by atoms with van der Waals surface area (Å²) in [6.07, 6.45) is -0.243. The maximum absolute atomic E-state index is 13.0. The van der Waals surface area contributed by atoms with Crippen molar-refractivity contribution in [2.75, 3.05) is 13.1 Å². The Hall–Kier alpha value is -3.56. The van der Waals surface area contributed by atoms with E-state index in [9.17, 15) is 4.79 Å². The summed E-state index contributed by atoms with van der Waals surface area (Å²) in [6, 6.07) is 22.4. The van der Waals surface area contributed by atoms with Crippen LogP contribution in [0.1, 0.15) is 40.5 Å². The number of benzene rings is 2. The van der Waals surface area contributed by atoms with Gasteiger partial charge in [-0.2, -0.15) is 5.26 Å². The Labute approximate surface area is 175 Å². The first-order valence-electron chi connectivity index (χ1n) is 9.84. The fourth-order valence-corrected chi connectivity index (χ4v) is 3.53. The Bertz CT molecular complexity index is 1050. The fraction of sp³-hybridized carbons (Fsp3) is 0.250. The van der Waals surface area contributed by atoms with Crippen LogP contribution in [0.5, 0.6) is 5.75 Å². The first-order chi connectivity index (χ1) is 14.6. The number of ether oxygens (including phenoxy) is 2. The van der Waals surface area contributed by atoms with E-state index in [1.165, 1.54) is 0 Å². The smallest absolute Gasteiger partial charge is 0.289 e. The van der Waals surface area contributed by atoms with Crippen LogP contribution in [0.15, 0.2) is 71.1 Å². The minimum Gasteiger partial charge on any atom is -0.484 e. The Morgan fingerprint density at radius 3 is 2.67 bits per heavy atom. The lowest BCUT2D eigenvalue weighted by molar-refractivity contribution is -0.0697. The van der Waals surface area contributed by atoms with Crippen molar-refractivity contribution in [1.82, 2.24) is 4.90 Å². The molecular weight excluding hydrogens is 380 g/mol. The number of furan rings is 1. The summed E-state index contributed by atoms with van der Waals surface area (Å²) in [7, 11) is 0. The molecule has 0 spiro atoms. The van der Waals surface area contributed by atoms with Crippen LogP contribution in [0.3, 0.4) is 0 Å². The van der Waals surface area contributed by atoms with Crippen LogP contribution in [0.4, 0.5) is 0 Å². The summed E-state index contributed by atoms with van der Waals surface area (Å²) in [4.78, 5) is 14.8. The van der Waals surface area contributed by atoms with Gasteiger partial charge in [-0.05, 0) is 36.8 Å². The van der Waals surface area contributed by atoms with E-state index in [0.29, 0.717) is 30.2 Å². The van der Waals surface area contributed by atoms with E-state index in [-0.39, 0.29) is 30.5 Å². The first kappa shape index (κ1) is 19.7. The lowest BCUT2D eigenvalue weighted by Crippen LogP contribution is -2.45. The number of carbonyl (C=O) groups is 1. The van der Waals surface area contributed by atoms with Crippen LogP contribution in [-0.2, 0) is 11.3 Å². The van der Waals surface area contributed by atoms with Crippen LogP contribution < -0.4 is 4.74 Å². The van der Waals surface area contributed by atoms with Gasteiger partial charge in [0.25, 0.3) is 5.91 Å². The number of nitrogens with zero attached hydrogens (tertiary/aromatic N) is 2. The van der Waals surface area contributed by atoms with Crippen molar-refractivity contribution in [3.8, 4) is 11.8 Å². The quantitative estimate of drug-likeness (QED) is 0.635. The number of para-hydroxylation sites is 1. The lowest BCUT2D eigenvalue weighted by Gasteiger charge is -2.36. The topological polar surface area (TPSA) is 75.7 Å². The summed E-state index contributed by atoms with van der Waals surface area (Å²) < 4.78 is 17.4. The number of nitriles is 1. The predicted octanol–water partition coefficient (Wildman–Crippen LogP) is 4.33. The van der Waals surface area contributed by atoms with E-state index in [0.717, 1.165) is 5.56 Å². The van der Waals surface area contributed by atoms with E-state index in [2.05, 4.69) is 6.07 Å². The van der Waals surface area contributed by atoms with Crippen LogP contribution in [0, 0.1) is 11.3 Å². The molecule has 1 aliphatic rings. The summed E-state index contributed by atoms with van der Waals surface area (Å²) in [5.74, 6) is 1.10. The molecule has 1 amide bonds. The van der Waals surface area contributed by atoms with E-state index >= 15 is 0 Å². The van der Waals surface area contributed by atoms with E-state index in [1.54, 1.807) is 41.3 Å². The molecule has 30 heavy (non-hydrogen) atoms.